The Hall–Kier alpha value is -2.19. The normalized spacial score (nSPS) is 16.6. The van der Waals surface area contributed by atoms with Crippen molar-refractivity contribution in [3.63, 3.8) is 0 Å². The van der Waals surface area contributed by atoms with E-state index in [1.807, 2.05) is 32.0 Å². The number of carbonyl (C=O) groups is 1. The van der Waals surface area contributed by atoms with Crippen molar-refractivity contribution in [2.45, 2.75) is 31.7 Å². The Morgan fingerprint density at radius 2 is 1.92 bits per heavy atom. The number of rotatable bonds is 4. The van der Waals surface area contributed by atoms with Crippen molar-refractivity contribution < 1.29 is 13.2 Å². The molecular weight excluding hydrogens is 352 g/mol. The first-order chi connectivity index (χ1) is 12.3. The van der Waals surface area contributed by atoms with Crippen LogP contribution in [0.5, 0.6) is 0 Å². The molecular formula is C18H24N4O3S. The maximum absolute atomic E-state index is 12.6. The molecule has 1 aromatic heterocycles. The summed E-state index contributed by atoms with van der Waals surface area (Å²) in [5.74, 6) is -0.238. The summed E-state index contributed by atoms with van der Waals surface area (Å²) in [4.78, 5) is 16.5. The molecule has 1 aromatic carbocycles. The minimum absolute atomic E-state index is 0.0492. The number of nitrogens with zero attached hydrogens (tertiary/aromatic N) is 3. The molecule has 1 aliphatic rings. The van der Waals surface area contributed by atoms with Gasteiger partial charge in [-0.2, -0.15) is 4.31 Å². The largest absolute Gasteiger partial charge is 0.339 e. The maximum atomic E-state index is 12.6. The summed E-state index contributed by atoms with van der Waals surface area (Å²) in [5.41, 5.74) is 2.98. The second-order valence-corrected chi connectivity index (χ2v) is 8.75. The quantitative estimate of drug-likeness (QED) is 0.885. The second-order valence-electron chi connectivity index (χ2n) is 6.86. The molecule has 0 saturated carbocycles. The topological polar surface area (TPSA) is 84.3 Å². The lowest BCUT2D eigenvalue weighted by Gasteiger charge is -2.30. The molecule has 3 rings (SSSR count). The fourth-order valence-corrected chi connectivity index (χ4v) is 4.64. The molecule has 2 heterocycles. The molecule has 0 atom stereocenters. The number of piperidine rings is 1. The molecule has 140 valence electrons. The zero-order chi connectivity index (χ0) is 18.9. The zero-order valence-corrected chi connectivity index (χ0v) is 16.1. The molecule has 1 aliphatic heterocycles. The molecule has 0 unspecified atom stereocenters. The van der Waals surface area contributed by atoms with Gasteiger partial charge in [-0.25, -0.2) is 13.4 Å². The van der Waals surface area contributed by atoms with Gasteiger partial charge in [0.15, 0.2) is 5.03 Å². The highest BCUT2D eigenvalue weighted by atomic mass is 32.2. The summed E-state index contributed by atoms with van der Waals surface area (Å²) in [7, 11) is -1.86. The monoisotopic (exact) mass is 376 g/mol. The van der Waals surface area contributed by atoms with Gasteiger partial charge < -0.3 is 9.88 Å². The summed E-state index contributed by atoms with van der Waals surface area (Å²) < 4.78 is 28.2. The molecule has 8 heteroatoms. The van der Waals surface area contributed by atoms with Crippen molar-refractivity contribution in [3.05, 3.63) is 41.9 Å². The Morgan fingerprint density at radius 1 is 1.23 bits per heavy atom. The average Bonchev–Trinajstić information content (AvgIpc) is 3.05. The number of carbonyl (C=O) groups excluding carboxylic acids is 1. The highest BCUT2D eigenvalue weighted by Crippen LogP contribution is 2.25. The Labute approximate surface area is 154 Å². The summed E-state index contributed by atoms with van der Waals surface area (Å²) >= 11 is 0. The molecule has 1 saturated heterocycles. The van der Waals surface area contributed by atoms with E-state index in [9.17, 15) is 13.2 Å². The molecule has 0 aliphatic carbocycles. The van der Waals surface area contributed by atoms with Crippen LogP contribution in [0.1, 0.15) is 24.0 Å². The number of aromatic nitrogens is 2. The zero-order valence-electron chi connectivity index (χ0n) is 15.3. The summed E-state index contributed by atoms with van der Waals surface area (Å²) in [6.45, 7) is 4.62. The van der Waals surface area contributed by atoms with Gasteiger partial charge in [0.25, 0.3) is 10.0 Å². The number of sulfonamides is 1. The highest BCUT2D eigenvalue weighted by Gasteiger charge is 2.33. The summed E-state index contributed by atoms with van der Waals surface area (Å²) in [6.07, 6.45) is 3.97. The third-order valence-corrected chi connectivity index (χ3v) is 6.53. The van der Waals surface area contributed by atoms with Gasteiger partial charge in [0.1, 0.15) is 0 Å². The lowest BCUT2D eigenvalue weighted by atomic mass is 9.97. The maximum Gasteiger partial charge on any atom is 0.262 e. The van der Waals surface area contributed by atoms with E-state index in [4.69, 9.17) is 0 Å². The van der Waals surface area contributed by atoms with Crippen molar-refractivity contribution in [3.8, 4) is 0 Å². The predicted octanol–water partition coefficient (Wildman–Crippen LogP) is 2.08. The molecule has 0 radical (unpaired) electrons. The Kier molecular flexibility index (Phi) is 5.15. The van der Waals surface area contributed by atoms with Gasteiger partial charge in [0, 0.05) is 37.9 Å². The van der Waals surface area contributed by atoms with Crippen molar-refractivity contribution >= 4 is 21.6 Å². The number of amides is 1. The number of anilines is 1. The standard InChI is InChI=1S/C18H24N4O3S/c1-13-4-5-16(14(2)10-13)20-18(23)15-6-8-22(9-7-15)26(24,25)17-11-21(3)12-19-17/h4-5,10-12,15H,6-9H2,1-3H3,(H,20,23). The van der Waals surface area contributed by atoms with E-state index >= 15 is 0 Å². The summed E-state index contributed by atoms with van der Waals surface area (Å²) in [5, 5.41) is 3.03. The van der Waals surface area contributed by atoms with Crippen LogP contribution in [0, 0.1) is 19.8 Å². The Bertz CT molecular complexity index is 912. The van der Waals surface area contributed by atoms with Gasteiger partial charge >= 0.3 is 0 Å². The molecule has 1 fully saturated rings. The van der Waals surface area contributed by atoms with Crippen molar-refractivity contribution in [1.29, 1.82) is 0 Å². The SMILES string of the molecule is Cc1ccc(NC(=O)C2CCN(S(=O)(=O)c3cn(C)cn3)CC2)c(C)c1. The van der Waals surface area contributed by atoms with E-state index in [1.165, 1.54) is 16.8 Å². The van der Waals surface area contributed by atoms with Gasteiger partial charge in [-0.05, 0) is 38.3 Å². The minimum atomic E-state index is -3.59. The van der Waals surface area contributed by atoms with Gasteiger partial charge in [-0.3, -0.25) is 4.79 Å². The van der Waals surface area contributed by atoms with E-state index < -0.39 is 10.0 Å². The predicted molar refractivity (Wildman–Crippen MR) is 99.2 cm³/mol. The molecule has 1 N–H and O–H groups in total. The number of hydrogen-bond donors (Lipinski definition) is 1. The van der Waals surface area contributed by atoms with Crippen LogP contribution in [0.15, 0.2) is 35.7 Å². The van der Waals surface area contributed by atoms with Crippen molar-refractivity contribution in [2.24, 2.45) is 13.0 Å². The van der Waals surface area contributed by atoms with Crippen LogP contribution < -0.4 is 5.32 Å². The van der Waals surface area contributed by atoms with Crippen LogP contribution in [-0.2, 0) is 21.9 Å². The van der Waals surface area contributed by atoms with E-state index in [-0.39, 0.29) is 16.9 Å². The molecule has 2 aromatic rings. The van der Waals surface area contributed by atoms with Crippen LogP contribution in [0.25, 0.3) is 0 Å². The molecule has 0 spiro atoms. The van der Waals surface area contributed by atoms with Crippen LogP contribution in [0.4, 0.5) is 5.69 Å². The molecule has 1 amide bonds. The lowest BCUT2D eigenvalue weighted by Crippen LogP contribution is -2.41. The number of hydrogen-bond acceptors (Lipinski definition) is 4. The number of nitrogens with one attached hydrogen (secondary N) is 1. The Morgan fingerprint density at radius 3 is 2.50 bits per heavy atom. The molecule has 0 bridgehead atoms. The highest BCUT2D eigenvalue weighted by molar-refractivity contribution is 7.89. The number of aryl methyl sites for hydroxylation is 3. The van der Waals surface area contributed by atoms with E-state index in [0.717, 1.165) is 16.8 Å². The smallest absolute Gasteiger partial charge is 0.262 e. The average molecular weight is 376 g/mol. The Balaban J connectivity index is 1.62. The fourth-order valence-electron chi connectivity index (χ4n) is 3.20. The first-order valence-corrected chi connectivity index (χ1v) is 10.1. The van der Waals surface area contributed by atoms with E-state index in [0.29, 0.717) is 25.9 Å². The van der Waals surface area contributed by atoms with Gasteiger partial charge in [0.2, 0.25) is 5.91 Å². The third kappa shape index (κ3) is 3.81. The third-order valence-electron chi connectivity index (χ3n) is 4.75. The fraction of sp³-hybridized carbons (Fsp3) is 0.444. The molecule has 26 heavy (non-hydrogen) atoms. The second kappa shape index (κ2) is 7.20. The van der Waals surface area contributed by atoms with Gasteiger partial charge in [-0.1, -0.05) is 17.7 Å². The number of imidazole rings is 1. The van der Waals surface area contributed by atoms with Crippen LogP contribution in [-0.4, -0.2) is 41.3 Å². The van der Waals surface area contributed by atoms with Crippen molar-refractivity contribution in [2.75, 3.05) is 18.4 Å². The lowest BCUT2D eigenvalue weighted by molar-refractivity contribution is -0.120. The first-order valence-electron chi connectivity index (χ1n) is 8.63. The van der Waals surface area contributed by atoms with E-state index in [2.05, 4.69) is 10.3 Å². The van der Waals surface area contributed by atoms with Gasteiger partial charge in [0.05, 0.1) is 6.33 Å². The first kappa shape index (κ1) is 18.6. The van der Waals surface area contributed by atoms with Crippen LogP contribution >= 0.6 is 0 Å². The van der Waals surface area contributed by atoms with Crippen LogP contribution in [0.2, 0.25) is 0 Å². The van der Waals surface area contributed by atoms with Crippen LogP contribution in [0.3, 0.4) is 0 Å². The summed E-state index contributed by atoms with van der Waals surface area (Å²) in [6, 6.07) is 5.89. The molecule has 7 nitrogen and oxygen atoms in total. The van der Waals surface area contributed by atoms with Crippen molar-refractivity contribution in [1.82, 2.24) is 13.9 Å². The van der Waals surface area contributed by atoms with E-state index in [1.54, 1.807) is 11.6 Å². The van der Waals surface area contributed by atoms with Gasteiger partial charge in [-0.15, -0.1) is 0 Å². The number of benzene rings is 1. The minimum Gasteiger partial charge on any atom is -0.339 e.